The number of hydrogen-bond acceptors (Lipinski definition) is 4. The summed E-state index contributed by atoms with van der Waals surface area (Å²) in [4.78, 5) is 14.7. The topological polar surface area (TPSA) is 41.6 Å². The van der Waals surface area contributed by atoms with E-state index in [1.54, 1.807) is 0 Å². The van der Waals surface area contributed by atoms with E-state index in [4.69, 9.17) is 4.74 Å². The lowest BCUT2D eigenvalue weighted by Gasteiger charge is -2.34. The van der Waals surface area contributed by atoms with Crippen molar-refractivity contribution in [1.29, 1.82) is 0 Å². The van der Waals surface area contributed by atoms with Crippen molar-refractivity contribution < 1.29 is 9.53 Å². The zero-order valence-corrected chi connectivity index (χ0v) is 12.2. The fourth-order valence-electron chi connectivity index (χ4n) is 2.89. The van der Waals surface area contributed by atoms with Gasteiger partial charge in [0.15, 0.2) is 0 Å². The van der Waals surface area contributed by atoms with Crippen LogP contribution in [0.4, 0.5) is 0 Å². The van der Waals surface area contributed by atoms with E-state index >= 15 is 0 Å². The summed E-state index contributed by atoms with van der Waals surface area (Å²) in [5.74, 6) is 0.768. The lowest BCUT2D eigenvalue weighted by molar-refractivity contribution is -0.149. The third-order valence-corrected chi connectivity index (χ3v) is 4.51. The van der Waals surface area contributed by atoms with Crippen LogP contribution in [0.5, 0.6) is 0 Å². The smallest absolute Gasteiger partial charge is 0.327 e. The van der Waals surface area contributed by atoms with Crippen LogP contribution in [0.1, 0.15) is 45.4 Å². The number of nitrogens with zero attached hydrogens (tertiary/aromatic N) is 1. The Morgan fingerprint density at radius 3 is 2.42 bits per heavy atom. The van der Waals surface area contributed by atoms with Gasteiger partial charge in [0, 0.05) is 25.2 Å². The highest BCUT2D eigenvalue weighted by Crippen LogP contribution is 2.36. The van der Waals surface area contributed by atoms with Crippen LogP contribution in [0.15, 0.2) is 0 Å². The van der Waals surface area contributed by atoms with Crippen molar-refractivity contribution in [1.82, 2.24) is 10.2 Å². The average Bonchev–Trinajstić information content (AvgIpc) is 3.24. The molecule has 1 unspecified atom stereocenters. The molecule has 0 aromatic heterocycles. The Labute approximate surface area is 115 Å². The molecule has 0 aromatic rings. The van der Waals surface area contributed by atoms with Crippen LogP contribution in [-0.2, 0) is 9.53 Å². The molecular formula is C15H26N2O2. The Hall–Kier alpha value is -0.610. The summed E-state index contributed by atoms with van der Waals surface area (Å²) < 4.78 is 5.04. The van der Waals surface area contributed by atoms with E-state index in [0.717, 1.165) is 12.5 Å². The summed E-state index contributed by atoms with van der Waals surface area (Å²) in [5, 5.41) is 3.51. The standard InChI is InChI=1S/C15H26N2O2/c1-15(14(18)19-2,16-12-5-6-12)10-17(13-7-8-13)9-11-3-4-11/h11-13,16H,3-10H2,1-2H3. The molecule has 3 rings (SSSR count). The number of carbonyl (C=O) groups excluding carboxylic acids is 1. The van der Waals surface area contributed by atoms with Gasteiger partial charge in [0.1, 0.15) is 5.54 Å². The Bertz CT molecular complexity index is 348. The lowest BCUT2D eigenvalue weighted by Crippen LogP contribution is -2.58. The minimum atomic E-state index is -0.534. The summed E-state index contributed by atoms with van der Waals surface area (Å²) in [7, 11) is 1.50. The zero-order valence-electron chi connectivity index (χ0n) is 12.2. The molecule has 19 heavy (non-hydrogen) atoms. The summed E-state index contributed by atoms with van der Waals surface area (Å²) in [5.41, 5.74) is -0.534. The molecule has 4 heteroatoms. The molecule has 0 aliphatic heterocycles. The highest BCUT2D eigenvalue weighted by molar-refractivity contribution is 5.80. The molecule has 0 heterocycles. The van der Waals surface area contributed by atoms with Crippen LogP contribution in [0.2, 0.25) is 0 Å². The van der Waals surface area contributed by atoms with Crippen LogP contribution in [0, 0.1) is 5.92 Å². The third kappa shape index (κ3) is 3.48. The number of hydrogen-bond donors (Lipinski definition) is 1. The van der Waals surface area contributed by atoms with Gasteiger partial charge < -0.3 is 4.74 Å². The van der Waals surface area contributed by atoms with Crippen molar-refractivity contribution in [2.75, 3.05) is 20.2 Å². The highest BCUT2D eigenvalue weighted by Gasteiger charge is 2.44. The molecule has 4 nitrogen and oxygen atoms in total. The SMILES string of the molecule is COC(=O)C(C)(CN(CC1CC1)C1CC1)NC1CC1. The molecule has 3 aliphatic rings. The largest absolute Gasteiger partial charge is 0.468 e. The van der Waals surface area contributed by atoms with E-state index in [1.165, 1.54) is 52.2 Å². The molecule has 0 amide bonds. The molecule has 108 valence electrons. The number of ether oxygens (including phenoxy) is 1. The first kappa shape index (κ1) is 13.4. The van der Waals surface area contributed by atoms with Gasteiger partial charge in [0.05, 0.1) is 7.11 Å². The number of carbonyl (C=O) groups is 1. The van der Waals surface area contributed by atoms with Gasteiger partial charge in [-0.1, -0.05) is 0 Å². The van der Waals surface area contributed by atoms with Gasteiger partial charge in [-0.15, -0.1) is 0 Å². The van der Waals surface area contributed by atoms with Crippen molar-refractivity contribution in [2.24, 2.45) is 5.92 Å². The number of esters is 1. The first-order valence-electron chi connectivity index (χ1n) is 7.71. The van der Waals surface area contributed by atoms with Crippen molar-refractivity contribution in [2.45, 2.75) is 63.1 Å². The number of methoxy groups -OCH3 is 1. The number of nitrogens with one attached hydrogen (secondary N) is 1. The first-order chi connectivity index (χ1) is 9.10. The van der Waals surface area contributed by atoms with Crippen molar-refractivity contribution in [3.8, 4) is 0 Å². The summed E-state index contributed by atoms with van der Waals surface area (Å²) in [6.45, 7) is 3.99. The molecule has 3 fully saturated rings. The van der Waals surface area contributed by atoms with Gasteiger partial charge in [-0.2, -0.15) is 0 Å². The van der Waals surface area contributed by atoms with E-state index in [-0.39, 0.29) is 5.97 Å². The first-order valence-corrected chi connectivity index (χ1v) is 7.71. The van der Waals surface area contributed by atoms with Gasteiger partial charge in [-0.05, 0) is 51.4 Å². The second-order valence-electron chi connectivity index (χ2n) is 6.85. The van der Waals surface area contributed by atoms with Gasteiger partial charge in [0.25, 0.3) is 0 Å². The van der Waals surface area contributed by atoms with Crippen LogP contribution in [0.25, 0.3) is 0 Å². The van der Waals surface area contributed by atoms with E-state index in [1.807, 2.05) is 6.92 Å². The maximum atomic E-state index is 12.2. The average molecular weight is 266 g/mol. The van der Waals surface area contributed by atoms with E-state index < -0.39 is 5.54 Å². The monoisotopic (exact) mass is 266 g/mol. The normalized spacial score (nSPS) is 26.3. The van der Waals surface area contributed by atoms with Gasteiger partial charge in [-0.3, -0.25) is 15.0 Å². The van der Waals surface area contributed by atoms with Gasteiger partial charge in [-0.25, -0.2) is 0 Å². The molecule has 1 N–H and O–H groups in total. The zero-order chi connectivity index (χ0) is 13.5. The molecule has 0 bridgehead atoms. The molecule has 0 saturated heterocycles. The summed E-state index contributed by atoms with van der Waals surface area (Å²) >= 11 is 0. The Kier molecular flexibility index (Phi) is 3.56. The van der Waals surface area contributed by atoms with Crippen molar-refractivity contribution in [3.63, 3.8) is 0 Å². The number of rotatable bonds is 8. The Morgan fingerprint density at radius 1 is 1.26 bits per heavy atom. The predicted molar refractivity (Wildman–Crippen MR) is 73.9 cm³/mol. The van der Waals surface area contributed by atoms with E-state index in [2.05, 4.69) is 10.2 Å². The van der Waals surface area contributed by atoms with E-state index in [9.17, 15) is 4.79 Å². The second kappa shape index (κ2) is 5.06. The minimum absolute atomic E-state index is 0.110. The molecule has 1 atom stereocenters. The second-order valence-corrected chi connectivity index (χ2v) is 6.85. The third-order valence-electron chi connectivity index (χ3n) is 4.51. The molecule has 0 aromatic carbocycles. The van der Waals surface area contributed by atoms with Crippen LogP contribution < -0.4 is 5.32 Å². The Balaban J connectivity index is 1.64. The molecule has 3 aliphatic carbocycles. The lowest BCUT2D eigenvalue weighted by atomic mass is 10.0. The van der Waals surface area contributed by atoms with Crippen LogP contribution in [-0.4, -0.2) is 48.7 Å². The fraction of sp³-hybridized carbons (Fsp3) is 0.933. The van der Waals surface area contributed by atoms with Crippen LogP contribution in [0.3, 0.4) is 0 Å². The summed E-state index contributed by atoms with van der Waals surface area (Å²) in [6, 6.07) is 1.23. The summed E-state index contributed by atoms with van der Waals surface area (Å²) in [6.07, 6.45) is 7.72. The molecule has 3 saturated carbocycles. The van der Waals surface area contributed by atoms with Gasteiger partial charge >= 0.3 is 5.97 Å². The molecular weight excluding hydrogens is 240 g/mol. The van der Waals surface area contributed by atoms with E-state index in [0.29, 0.717) is 12.1 Å². The minimum Gasteiger partial charge on any atom is -0.468 e. The quantitative estimate of drug-likeness (QED) is 0.677. The van der Waals surface area contributed by atoms with Gasteiger partial charge in [0.2, 0.25) is 0 Å². The molecule has 0 spiro atoms. The maximum Gasteiger partial charge on any atom is 0.327 e. The fourth-order valence-corrected chi connectivity index (χ4v) is 2.89. The predicted octanol–water partition coefficient (Wildman–Crippen LogP) is 1.54. The Morgan fingerprint density at radius 2 is 1.95 bits per heavy atom. The van der Waals surface area contributed by atoms with Crippen molar-refractivity contribution >= 4 is 5.97 Å². The van der Waals surface area contributed by atoms with Crippen molar-refractivity contribution in [3.05, 3.63) is 0 Å². The molecule has 0 radical (unpaired) electrons. The highest BCUT2D eigenvalue weighted by atomic mass is 16.5. The maximum absolute atomic E-state index is 12.2. The van der Waals surface area contributed by atoms with Crippen LogP contribution >= 0.6 is 0 Å².